The van der Waals surface area contributed by atoms with Crippen molar-refractivity contribution in [2.45, 2.75) is 0 Å². The summed E-state index contributed by atoms with van der Waals surface area (Å²) in [6, 6.07) is 4.28. The van der Waals surface area contributed by atoms with Crippen LogP contribution < -0.4 is 4.90 Å². The molecule has 0 spiro atoms. The highest BCUT2D eigenvalue weighted by molar-refractivity contribution is 14.1. The average molecular weight is 317 g/mol. The second-order valence-electron chi connectivity index (χ2n) is 2.92. The van der Waals surface area contributed by atoms with E-state index < -0.39 is 17.6 Å². The Morgan fingerprint density at radius 1 is 1.13 bits per heavy atom. The molecule has 0 atom stereocenters. The number of imide groups is 1. The quantitative estimate of drug-likeness (QED) is 0.586. The van der Waals surface area contributed by atoms with Crippen LogP contribution in [0.2, 0.25) is 0 Å². The molecule has 5 heteroatoms. The molecule has 2 amide bonds. The van der Waals surface area contributed by atoms with Crippen LogP contribution in [0.3, 0.4) is 0 Å². The van der Waals surface area contributed by atoms with Crippen molar-refractivity contribution in [2.24, 2.45) is 0 Å². The van der Waals surface area contributed by atoms with E-state index in [1.165, 1.54) is 30.4 Å². The summed E-state index contributed by atoms with van der Waals surface area (Å²) >= 11 is 1.77. The number of benzene rings is 1. The Morgan fingerprint density at radius 3 is 2.33 bits per heavy atom. The molecule has 15 heavy (non-hydrogen) atoms. The smallest absolute Gasteiger partial charge is 0.258 e. The van der Waals surface area contributed by atoms with Gasteiger partial charge >= 0.3 is 0 Å². The number of hydrogen-bond donors (Lipinski definition) is 0. The molecule has 1 aliphatic heterocycles. The van der Waals surface area contributed by atoms with Crippen LogP contribution in [0.5, 0.6) is 0 Å². The van der Waals surface area contributed by atoms with Crippen LogP contribution in [-0.2, 0) is 9.59 Å². The number of rotatable bonds is 1. The average Bonchev–Trinajstić information content (AvgIpc) is 2.52. The first-order chi connectivity index (χ1) is 7.11. The molecule has 0 fully saturated rings. The van der Waals surface area contributed by atoms with Crippen molar-refractivity contribution >= 4 is 40.1 Å². The highest BCUT2D eigenvalue weighted by atomic mass is 127. The molecular formula is C10H5FINO2. The zero-order valence-electron chi connectivity index (χ0n) is 7.41. The van der Waals surface area contributed by atoms with Crippen molar-refractivity contribution in [2.75, 3.05) is 4.90 Å². The first-order valence-corrected chi connectivity index (χ1v) is 5.19. The molecule has 1 aromatic rings. The minimum absolute atomic E-state index is 0.264. The Kier molecular flexibility index (Phi) is 2.56. The number of carbonyl (C=O) groups is 2. The van der Waals surface area contributed by atoms with Gasteiger partial charge in [-0.15, -0.1) is 0 Å². The maximum atomic E-state index is 13.2. The first-order valence-electron chi connectivity index (χ1n) is 4.11. The van der Waals surface area contributed by atoms with E-state index in [0.29, 0.717) is 0 Å². The fourth-order valence-electron chi connectivity index (χ4n) is 1.30. The number of anilines is 1. The molecule has 2 rings (SSSR count). The van der Waals surface area contributed by atoms with Gasteiger partial charge in [0, 0.05) is 12.2 Å². The largest absolute Gasteiger partial charge is 0.269 e. The maximum absolute atomic E-state index is 13.2. The molecule has 0 bridgehead atoms. The van der Waals surface area contributed by atoms with Crippen LogP contribution >= 0.6 is 22.6 Å². The molecule has 0 saturated carbocycles. The van der Waals surface area contributed by atoms with Crippen molar-refractivity contribution in [1.29, 1.82) is 0 Å². The fraction of sp³-hybridized carbons (Fsp3) is 0. The Balaban J connectivity index is 2.51. The Morgan fingerprint density at radius 2 is 1.73 bits per heavy atom. The van der Waals surface area contributed by atoms with Crippen molar-refractivity contribution in [3.05, 3.63) is 39.7 Å². The zero-order valence-corrected chi connectivity index (χ0v) is 9.56. The highest BCUT2D eigenvalue weighted by Gasteiger charge is 2.27. The molecule has 0 aromatic heterocycles. The number of nitrogens with zero attached hydrogens (tertiary/aromatic N) is 1. The Hall–Kier alpha value is -1.24. The van der Waals surface area contributed by atoms with E-state index in [1.54, 1.807) is 22.6 Å². The Labute approximate surface area is 98.7 Å². The Bertz CT molecular complexity index is 466. The standard InChI is InChI=1S/C10H5FINO2/c11-6-2-1-3-7(10(6)12)13-8(14)4-5-9(13)15/h1-5H. The topological polar surface area (TPSA) is 37.4 Å². The van der Waals surface area contributed by atoms with E-state index in [-0.39, 0.29) is 9.26 Å². The van der Waals surface area contributed by atoms with E-state index in [1.807, 2.05) is 0 Å². The van der Waals surface area contributed by atoms with Crippen LogP contribution in [0, 0.1) is 9.39 Å². The summed E-state index contributed by atoms with van der Waals surface area (Å²) in [5.41, 5.74) is 0.288. The summed E-state index contributed by atoms with van der Waals surface area (Å²) < 4.78 is 13.5. The summed E-state index contributed by atoms with van der Waals surface area (Å²) in [5.74, 6) is -1.33. The normalized spacial score (nSPS) is 15.2. The number of carbonyl (C=O) groups excluding carboxylic acids is 2. The van der Waals surface area contributed by atoms with Gasteiger partial charge in [-0.3, -0.25) is 9.59 Å². The second-order valence-corrected chi connectivity index (χ2v) is 4.00. The molecule has 1 aliphatic rings. The van der Waals surface area contributed by atoms with Gasteiger partial charge in [-0.1, -0.05) is 6.07 Å². The summed E-state index contributed by atoms with van der Waals surface area (Å²) in [6.07, 6.45) is 2.34. The summed E-state index contributed by atoms with van der Waals surface area (Å²) in [7, 11) is 0. The lowest BCUT2D eigenvalue weighted by atomic mass is 10.3. The lowest BCUT2D eigenvalue weighted by Gasteiger charge is -2.15. The molecule has 0 unspecified atom stereocenters. The van der Waals surface area contributed by atoms with Crippen LogP contribution in [0.4, 0.5) is 10.1 Å². The third kappa shape index (κ3) is 1.67. The number of hydrogen-bond acceptors (Lipinski definition) is 2. The molecule has 76 valence electrons. The summed E-state index contributed by atoms with van der Waals surface area (Å²) in [5, 5.41) is 0. The van der Waals surface area contributed by atoms with Gasteiger partial charge in [0.1, 0.15) is 5.82 Å². The predicted octanol–water partition coefficient (Wildman–Crippen LogP) is 1.86. The molecule has 0 N–H and O–H groups in total. The predicted molar refractivity (Wildman–Crippen MR) is 60.8 cm³/mol. The van der Waals surface area contributed by atoms with E-state index in [9.17, 15) is 14.0 Å². The minimum atomic E-state index is -0.444. The third-order valence-corrected chi connectivity index (χ3v) is 3.05. The van der Waals surface area contributed by atoms with Gasteiger partial charge in [-0.2, -0.15) is 0 Å². The monoisotopic (exact) mass is 317 g/mol. The molecule has 1 aromatic carbocycles. The first kappa shape index (κ1) is 10.3. The molecule has 3 nitrogen and oxygen atoms in total. The fourth-order valence-corrected chi connectivity index (χ4v) is 1.90. The van der Waals surface area contributed by atoms with Crippen molar-refractivity contribution < 1.29 is 14.0 Å². The van der Waals surface area contributed by atoms with Gasteiger partial charge < -0.3 is 0 Å². The van der Waals surface area contributed by atoms with Crippen LogP contribution in [-0.4, -0.2) is 11.8 Å². The minimum Gasteiger partial charge on any atom is -0.269 e. The van der Waals surface area contributed by atoms with E-state index in [2.05, 4.69) is 0 Å². The maximum Gasteiger partial charge on any atom is 0.258 e. The molecule has 1 heterocycles. The van der Waals surface area contributed by atoms with E-state index >= 15 is 0 Å². The van der Waals surface area contributed by atoms with Crippen molar-refractivity contribution in [3.8, 4) is 0 Å². The SMILES string of the molecule is O=C1C=CC(=O)N1c1cccc(F)c1I. The van der Waals surface area contributed by atoms with Gasteiger partial charge in [0.2, 0.25) is 0 Å². The van der Waals surface area contributed by atoms with Gasteiger partial charge in [0.05, 0.1) is 9.26 Å². The zero-order chi connectivity index (χ0) is 11.0. The molecule has 0 saturated heterocycles. The van der Waals surface area contributed by atoms with Crippen molar-refractivity contribution in [1.82, 2.24) is 0 Å². The van der Waals surface area contributed by atoms with Gasteiger partial charge in [-0.05, 0) is 34.7 Å². The van der Waals surface area contributed by atoms with Gasteiger partial charge in [0.15, 0.2) is 0 Å². The van der Waals surface area contributed by atoms with Crippen LogP contribution in [0.1, 0.15) is 0 Å². The van der Waals surface area contributed by atoms with Crippen LogP contribution in [0.15, 0.2) is 30.4 Å². The van der Waals surface area contributed by atoms with E-state index in [0.717, 1.165) is 4.90 Å². The van der Waals surface area contributed by atoms with Gasteiger partial charge in [-0.25, -0.2) is 9.29 Å². The number of amides is 2. The van der Waals surface area contributed by atoms with Crippen molar-refractivity contribution in [3.63, 3.8) is 0 Å². The van der Waals surface area contributed by atoms with Crippen LogP contribution in [0.25, 0.3) is 0 Å². The summed E-state index contributed by atoms with van der Waals surface area (Å²) in [6.45, 7) is 0. The number of halogens is 2. The molecule has 0 aliphatic carbocycles. The lowest BCUT2D eigenvalue weighted by molar-refractivity contribution is -0.119. The third-order valence-electron chi connectivity index (χ3n) is 1.98. The molecular weight excluding hydrogens is 312 g/mol. The lowest BCUT2D eigenvalue weighted by Crippen LogP contribution is -2.30. The molecule has 0 radical (unpaired) electrons. The second kappa shape index (κ2) is 3.73. The summed E-state index contributed by atoms with van der Waals surface area (Å²) in [4.78, 5) is 23.6. The van der Waals surface area contributed by atoms with Gasteiger partial charge in [0.25, 0.3) is 11.8 Å². The van der Waals surface area contributed by atoms with E-state index in [4.69, 9.17) is 0 Å². The highest BCUT2D eigenvalue weighted by Crippen LogP contribution is 2.27.